The normalized spacial score (nSPS) is 13.4. The zero-order valence-corrected chi connectivity index (χ0v) is 36.3. The molecule has 8 bridgehead atoms. The lowest BCUT2D eigenvalue weighted by molar-refractivity contribution is 0.381. The Kier molecular flexibility index (Phi) is 10.8. The number of nitrogens with one attached hydrogen (secondary N) is 2. The van der Waals surface area contributed by atoms with E-state index in [2.05, 4.69) is 15.0 Å². The van der Waals surface area contributed by atoms with Gasteiger partial charge < -0.3 is 49.1 Å². The number of H-pyrrole nitrogens is 2. The first-order valence-electron chi connectivity index (χ1n) is 19.1. The Morgan fingerprint density at radius 2 is 0.812 bits per heavy atom. The van der Waals surface area contributed by atoms with Crippen LogP contribution in [0.5, 0.6) is 0 Å². The van der Waals surface area contributed by atoms with Gasteiger partial charge in [-0.25, -0.2) is 9.97 Å². The summed E-state index contributed by atoms with van der Waals surface area (Å²) >= 11 is 0. The number of fused-ring (bicyclic) bond motifs is 8. The number of aromatic nitrogens is 4. The fraction of sp³-hybridized carbons (Fsp3) is 0. The van der Waals surface area contributed by atoms with Crippen LogP contribution < -0.4 is 15.9 Å². The number of hydrogen-bond donors (Lipinski definition) is 10. The molecule has 0 saturated heterocycles. The smallest absolute Gasteiger partial charge is 0.354 e. The number of rotatable bonds is 8. The Labute approximate surface area is 362 Å². The first-order chi connectivity index (χ1) is 30.3. The molecule has 3 aromatic heterocycles. The van der Waals surface area contributed by atoms with Crippen LogP contribution in [0.25, 0.3) is 78.5 Å². The van der Waals surface area contributed by atoms with Crippen molar-refractivity contribution < 1.29 is 57.4 Å². The Morgan fingerprint density at radius 1 is 0.391 bits per heavy atom. The van der Waals surface area contributed by atoms with Crippen molar-refractivity contribution >= 4 is 91.4 Å². The van der Waals surface area contributed by atoms with Crippen LogP contribution >= 0.6 is 30.4 Å². The highest BCUT2D eigenvalue weighted by Crippen LogP contribution is 2.60. The Hall–Kier alpha value is -5.92. The number of benzene rings is 4. The van der Waals surface area contributed by atoms with Crippen LogP contribution in [0.3, 0.4) is 0 Å². The van der Waals surface area contributed by atoms with Crippen molar-refractivity contribution in [3.05, 3.63) is 162 Å². The van der Waals surface area contributed by atoms with Gasteiger partial charge in [0.25, 0.3) is 0 Å². The fourth-order valence-electron chi connectivity index (χ4n) is 8.18. The third-order valence-corrected chi connectivity index (χ3v) is 14.8. The molecule has 0 atom stereocenters. The van der Waals surface area contributed by atoms with Crippen LogP contribution in [0.4, 0.5) is 0 Å². The summed E-state index contributed by atoms with van der Waals surface area (Å²) in [6.45, 7) is 0. The quantitative estimate of drug-likeness (QED) is 0.0688. The van der Waals surface area contributed by atoms with Gasteiger partial charge in [-0.15, -0.1) is 0 Å². The standard InChI is InChI=1S/C44H34N4O12P4/c49-61(50,51)41-32-24-30-22-21-29(45-30)23-31-33(25-13-5-1-6-14-25)34(26-15-7-2-8-16-26)37(46-31)35(27-17-9-3-10-18-27)38-36(28-19-11-4-12-20-28)42(62(52,53)54)39(48-38)43(63(55,56)57)40(47-32)44(41)64(58,59)60/h1-24,46-47H,(H2,49,50,51)(H2,52,53,54)(H2,55,56,57)(H2,58,59,60). The highest BCUT2D eigenvalue weighted by atomic mass is 31.2. The Bertz CT molecular complexity index is 3480. The van der Waals surface area contributed by atoms with Crippen molar-refractivity contribution in [2.45, 2.75) is 0 Å². The molecular formula is C44H34N4O12P4. The van der Waals surface area contributed by atoms with Crippen molar-refractivity contribution in [1.82, 2.24) is 19.9 Å². The second-order valence-electron chi connectivity index (χ2n) is 14.8. The molecule has 10 N–H and O–H groups in total. The van der Waals surface area contributed by atoms with Gasteiger partial charge in [-0.2, -0.15) is 0 Å². The van der Waals surface area contributed by atoms with E-state index in [4.69, 9.17) is 4.98 Å². The van der Waals surface area contributed by atoms with E-state index in [1.807, 2.05) is 60.7 Å². The van der Waals surface area contributed by atoms with E-state index >= 15 is 0 Å². The summed E-state index contributed by atoms with van der Waals surface area (Å²) in [5.74, 6) is 0. The highest BCUT2D eigenvalue weighted by Gasteiger charge is 2.44. The van der Waals surface area contributed by atoms with Gasteiger partial charge in [0.2, 0.25) is 0 Å². The second kappa shape index (κ2) is 16.0. The largest absolute Gasteiger partial charge is 0.360 e. The molecule has 20 heteroatoms. The van der Waals surface area contributed by atoms with E-state index in [-0.39, 0.29) is 28.1 Å². The minimum Gasteiger partial charge on any atom is -0.354 e. The van der Waals surface area contributed by atoms with E-state index in [0.29, 0.717) is 39.0 Å². The van der Waals surface area contributed by atoms with Crippen molar-refractivity contribution in [3.63, 3.8) is 0 Å². The van der Waals surface area contributed by atoms with Gasteiger partial charge in [0.05, 0.1) is 39.3 Å². The van der Waals surface area contributed by atoms with Crippen LogP contribution in [0, 0.1) is 0 Å². The summed E-state index contributed by atoms with van der Waals surface area (Å²) < 4.78 is 55.0. The number of aromatic amines is 2. The topological polar surface area (TPSA) is 287 Å². The summed E-state index contributed by atoms with van der Waals surface area (Å²) in [6, 6.07) is 37.7. The molecule has 2 aliphatic rings. The molecule has 0 radical (unpaired) electrons. The van der Waals surface area contributed by atoms with Crippen molar-refractivity contribution in [2.75, 3.05) is 0 Å². The van der Waals surface area contributed by atoms with Crippen molar-refractivity contribution in [3.8, 4) is 33.4 Å². The predicted octanol–water partition coefficient (Wildman–Crippen LogP) is 6.99. The first-order valence-corrected chi connectivity index (χ1v) is 25.5. The maximum atomic E-state index is 14.2. The van der Waals surface area contributed by atoms with Gasteiger partial charge in [-0.3, -0.25) is 18.3 Å². The molecular weight excluding hydrogens is 900 g/mol. The molecule has 64 heavy (non-hydrogen) atoms. The van der Waals surface area contributed by atoms with Crippen molar-refractivity contribution in [1.29, 1.82) is 0 Å². The zero-order chi connectivity index (χ0) is 45.3. The van der Waals surface area contributed by atoms with Crippen LogP contribution in [0.15, 0.2) is 133 Å². The van der Waals surface area contributed by atoms with Gasteiger partial charge in [-0.1, -0.05) is 121 Å². The molecule has 0 amide bonds. The van der Waals surface area contributed by atoms with E-state index in [0.717, 1.165) is 11.6 Å². The molecule has 0 saturated carbocycles. The average Bonchev–Trinajstić information content (AvgIpc) is 4.03. The Morgan fingerprint density at radius 3 is 1.28 bits per heavy atom. The van der Waals surface area contributed by atoms with Gasteiger partial charge in [0.1, 0.15) is 21.2 Å². The van der Waals surface area contributed by atoms with Crippen molar-refractivity contribution in [2.24, 2.45) is 0 Å². The maximum Gasteiger partial charge on any atom is 0.360 e. The summed E-state index contributed by atoms with van der Waals surface area (Å²) in [7, 11) is -23.6. The lowest BCUT2D eigenvalue weighted by Crippen LogP contribution is -2.26. The van der Waals surface area contributed by atoms with Crippen LogP contribution in [-0.2, 0) is 18.3 Å². The van der Waals surface area contributed by atoms with E-state index < -0.39 is 68.3 Å². The summed E-state index contributed by atoms with van der Waals surface area (Å²) in [6.07, 6.45) is 3.04. The lowest BCUT2D eigenvalue weighted by Gasteiger charge is -2.15. The molecule has 9 rings (SSSR count). The van der Waals surface area contributed by atoms with Gasteiger partial charge >= 0.3 is 30.4 Å². The highest BCUT2D eigenvalue weighted by molar-refractivity contribution is 7.68. The Balaban J connectivity index is 1.70. The number of nitrogens with zero attached hydrogens (tertiary/aromatic N) is 2. The second-order valence-corrected chi connectivity index (χ2v) is 20.9. The molecule has 7 aromatic rings. The summed E-state index contributed by atoms with van der Waals surface area (Å²) in [5, 5.41) is -5.33. The molecule has 16 nitrogen and oxygen atoms in total. The minimum absolute atomic E-state index is 0.000288. The zero-order valence-electron chi connectivity index (χ0n) is 32.8. The molecule has 4 aromatic carbocycles. The lowest BCUT2D eigenvalue weighted by atomic mass is 9.91. The third kappa shape index (κ3) is 7.86. The first kappa shape index (κ1) is 43.3. The fourth-order valence-corrected chi connectivity index (χ4v) is 12.7. The molecule has 0 fully saturated rings. The molecule has 0 aliphatic carbocycles. The van der Waals surface area contributed by atoms with Crippen LogP contribution in [0.1, 0.15) is 28.3 Å². The van der Waals surface area contributed by atoms with Crippen LogP contribution in [0.2, 0.25) is 0 Å². The monoisotopic (exact) mass is 934 g/mol. The number of hydrogen-bond acceptors (Lipinski definition) is 6. The molecule has 2 aliphatic heterocycles. The van der Waals surface area contributed by atoms with Gasteiger partial charge in [0.15, 0.2) is 0 Å². The predicted molar refractivity (Wildman–Crippen MR) is 246 cm³/mol. The summed E-state index contributed by atoms with van der Waals surface area (Å²) in [5.41, 5.74) is 0.974. The van der Waals surface area contributed by atoms with Crippen LogP contribution in [-0.4, -0.2) is 59.1 Å². The van der Waals surface area contributed by atoms with E-state index in [1.165, 1.54) is 18.2 Å². The van der Waals surface area contributed by atoms with Gasteiger partial charge in [-0.05, 0) is 46.5 Å². The molecule has 322 valence electrons. The molecule has 0 spiro atoms. The average molecular weight is 935 g/mol. The van der Waals surface area contributed by atoms with Gasteiger partial charge in [0, 0.05) is 27.8 Å². The summed E-state index contributed by atoms with van der Waals surface area (Å²) in [4.78, 5) is 104. The maximum absolute atomic E-state index is 14.2. The van der Waals surface area contributed by atoms with E-state index in [1.54, 1.807) is 60.7 Å². The molecule has 5 heterocycles. The van der Waals surface area contributed by atoms with E-state index in [9.17, 15) is 57.4 Å². The minimum atomic E-state index is -6.07. The molecule has 0 unspecified atom stereocenters. The third-order valence-electron chi connectivity index (χ3n) is 10.6. The SMILES string of the molecule is O=P(O)(O)C1=C(c2ccccc2)c2nc1c(P(=O)(O)O)c1[nH]c(cc3nc(cc4[nH]c(c2-c2ccccc2)c(-c2ccccc2)c4-c2ccccc2)C=C3)c(P(=O)(O)O)c1P(=O)(O)O.